The average Bonchev–Trinajstić information content (AvgIpc) is 2.84. The van der Waals surface area contributed by atoms with Crippen LogP contribution in [-0.4, -0.2) is 36.1 Å². The quantitative estimate of drug-likeness (QED) is 0.558. The van der Waals surface area contributed by atoms with Gasteiger partial charge in [-0.1, -0.05) is 55.4 Å². The van der Waals surface area contributed by atoms with Crippen molar-refractivity contribution in [1.82, 2.24) is 10.3 Å². The van der Waals surface area contributed by atoms with Gasteiger partial charge in [0.1, 0.15) is 28.2 Å². The Bertz CT molecular complexity index is 1110. The summed E-state index contributed by atoms with van der Waals surface area (Å²) >= 11 is 1.19. The molecule has 3 N–H and O–H groups in total. The van der Waals surface area contributed by atoms with Gasteiger partial charge in [0.25, 0.3) is 0 Å². The first-order valence-electron chi connectivity index (χ1n) is 11.9. The second-order valence-corrected chi connectivity index (χ2v) is 10.0. The van der Waals surface area contributed by atoms with E-state index in [4.69, 9.17) is 10.7 Å². The fourth-order valence-electron chi connectivity index (χ4n) is 4.69. The summed E-state index contributed by atoms with van der Waals surface area (Å²) in [5.41, 5.74) is 8.01. The number of amides is 1. The Hall–Kier alpha value is -3.07. The number of piperidine rings is 1. The van der Waals surface area contributed by atoms with Crippen LogP contribution >= 0.6 is 11.8 Å². The number of hydrogen-bond donors (Lipinski definition) is 2. The number of carbonyl (C=O) groups is 1. The van der Waals surface area contributed by atoms with Crippen LogP contribution in [0.2, 0.25) is 0 Å². The Morgan fingerprint density at radius 1 is 1.15 bits per heavy atom. The number of nitrogens with zero attached hydrogens (tertiary/aromatic N) is 4. The second kappa shape index (κ2) is 10.9. The van der Waals surface area contributed by atoms with Gasteiger partial charge in [-0.3, -0.25) is 4.79 Å². The van der Waals surface area contributed by atoms with Crippen molar-refractivity contribution in [2.24, 2.45) is 5.73 Å². The minimum Gasteiger partial charge on any atom is -0.368 e. The van der Waals surface area contributed by atoms with E-state index in [2.05, 4.69) is 22.4 Å². The van der Waals surface area contributed by atoms with Crippen LogP contribution in [0.1, 0.15) is 66.5 Å². The van der Waals surface area contributed by atoms with Crippen molar-refractivity contribution in [3.63, 3.8) is 0 Å². The molecule has 176 valence electrons. The zero-order valence-electron chi connectivity index (χ0n) is 19.5. The van der Waals surface area contributed by atoms with Crippen LogP contribution in [0.4, 0.5) is 5.82 Å². The molecule has 4 rings (SSSR count). The normalized spacial score (nSPS) is 17.4. The molecule has 1 atom stereocenters. The molecule has 8 heteroatoms. The number of thioether (sulfide) groups is 1. The first-order valence-corrected chi connectivity index (χ1v) is 12.8. The molecule has 1 saturated heterocycles. The molecule has 1 aromatic heterocycles. The molecular weight excluding hydrogens is 444 g/mol. The number of nitrogens with one attached hydrogen (secondary N) is 1. The number of benzene rings is 1. The van der Waals surface area contributed by atoms with Crippen LogP contribution in [0.15, 0.2) is 35.4 Å². The van der Waals surface area contributed by atoms with Crippen molar-refractivity contribution in [3.05, 3.63) is 52.6 Å². The van der Waals surface area contributed by atoms with Crippen LogP contribution in [0.3, 0.4) is 0 Å². The fourth-order valence-corrected chi connectivity index (χ4v) is 5.75. The summed E-state index contributed by atoms with van der Waals surface area (Å²) < 4.78 is 0. The monoisotopic (exact) mass is 474 g/mol. The first-order chi connectivity index (χ1) is 16.5. The van der Waals surface area contributed by atoms with E-state index in [1.54, 1.807) is 0 Å². The van der Waals surface area contributed by atoms with E-state index in [9.17, 15) is 15.3 Å². The first kappa shape index (κ1) is 24.1. The van der Waals surface area contributed by atoms with Crippen molar-refractivity contribution in [1.29, 1.82) is 10.5 Å². The van der Waals surface area contributed by atoms with Gasteiger partial charge in [-0.2, -0.15) is 10.5 Å². The van der Waals surface area contributed by atoms with Crippen molar-refractivity contribution in [2.45, 2.75) is 67.8 Å². The minimum atomic E-state index is -0.677. The van der Waals surface area contributed by atoms with Gasteiger partial charge in [-0.25, -0.2) is 4.98 Å². The zero-order valence-corrected chi connectivity index (χ0v) is 20.3. The van der Waals surface area contributed by atoms with Gasteiger partial charge in [-0.05, 0) is 43.2 Å². The second-order valence-electron chi connectivity index (χ2n) is 8.91. The van der Waals surface area contributed by atoms with Crippen LogP contribution in [0.5, 0.6) is 0 Å². The molecular formula is C26H30N6OS. The van der Waals surface area contributed by atoms with Crippen molar-refractivity contribution < 1.29 is 4.79 Å². The number of nitriles is 2. The molecule has 0 spiro atoms. The van der Waals surface area contributed by atoms with Gasteiger partial charge >= 0.3 is 0 Å². The molecule has 2 fully saturated rings. The number of nitrogens with two attached hydrogens (primary N) is 1. The molecule has 1 saturated carbocycles. The smallest absolute Gasteiger partial charge is 0.235 e. The van der Waals surface area contributed by atoms with Crippen molar-refractivity contribution in [3.8, 4) is 12.1 Å². The topological polar surface area (TPSA) is 119 Å². The van der Waals surface area contributed by atoms with E-state index in [1.807, 2.05) is 37.3 Å². The lowest BCUT2D eigenvalue weighted by Crippen LogP contribution is -2.48. The fraction of sp³-hybridized carbons (Fsp3) is 0.462. The van der Waals surface area contributed by atoms with Gasteiger partial charge in [0, 0.05) is 25.2 Å². The predicted molar refractivity (Wildman–Crippen MR) is 133 cm³/mol. The number of primary amides is 1. The van der Waals surface area contributed by atoms with Crippen LogP contribution in [0.25, 0.3) is 0 Å². The molecule has 0 bridgehead atoms. The lowest BCUT2D eigenvalue weighted by molar-refractivity contribution is -0.117. The van der Waals surface area contributed by atoms with E-state index in [1.165, 1.54) is 31.0 Å². The number of carbonyl (C=O) groups excluding carboxylic acids is 1. The third kappa shape index (κ3) is 5.04. The van der Waals surface area contributed by atoms with Gasteiger partial charge in [0.2, 0.25) is 5.91 Å². The molecule has 1 aliphatic heterocycles. The van der Waals surface area contributed by atoms with Crippen LogP contribution in [0, 0.1) is 22.7 Å². The van der Waals surface area contributed by atoms with Crippen LogP contribution < -0.4 is 16.0 Å². The van der Waals surface area contributed by atoms with Crippen molar-refractivity contribution in [2.75, 3.05) is 18.0 Å². The van der Waals surface area contributed by atoms with Gasteiger partial charge < -0.3 is 16.0 Å². The van der Waals surface area contributed by atoms with E-state index in [0.717, 1.165) is 31.5 Å². The summed E-state index contributed by atoms with van der Waals surface area (Å²) in [6, 6.07) is 15.0. The molecule has 1 amide bonds. The molecule has 1 aromatic carbocycles. The van der Waals surface area contributed by atoms with E-state index >= 15 is 0 Å². The Morgan fingerprint density at radius 3 is 2.32 bits per heavy atom. The standard InChI is InChI=1S/C26H30N6OS/c1-2-20-21(15-27)25(32-13-11-19(12-14-32)30-18-9-6-10-18)31-26(22(20)16-28)34-23(24(29)33)17-7-4-3-5-8-17/h3-5,7-8,18-19,23,30H,2,6,9-14H2,1H3,(H2,29,33). The van der Waals surface area contributed by atoms with Gasteiger partial charge in [0.05, 0.1) is 11.1 Å². The van der Waals surface area contributed by atoms with Gasteiger partial charge in [-0.15, -0.1) is 0 Å². The lowest BCUT2D eigenvalue weighted by atomic mass is 9.91. The number of pyridine rings is 1. The summed E-state index contributed by atoms with van der Waals surface area (Å²) in [5.74, 6) is 0.118. The molecule has 2 aliphatic rings. The van der Waals surface area contributed by atoms with E-state index in [-0.39, 0.29) is 0 Å². The maximum Gasteiger partial charge on any atom is 0.235 e. The van der Waals surface area contributed by atoms with Gasteiger partial charge in [0.15, 0.2) is 0 Å². The number of hydrogen-bond acceptors (Lipinski definition) is 7. The molecule has 7 nitrogen and oxygen atoms in total. The summed E-state index contributed by atoms with van der Waals surface area (Å²) in [5, 5.41) is 23.5. The largest absolute Gasteiger partial charge is 0.368 e. The minimum absolute atomic E-state index is 0.358. The molecule has 1 aliphatic carbocycles. The third-order valence-electron chi connectivity index (χ3n) is 6.79. The number of aromatic nitrogens is 1. The Labute approximate surface area is 205 Å². The van der Waals surface area contributed by atoms with Crippen LogP contribution in [-0.2, 0) is 11.2 Å². The molecule has 2 heterocycles. The highest BCUT2D eigenvalue weighted by Gasteiger charge is 2.30. The average molecular weight is 475 g/mol. The Morgan fingerprint density at radius 2 is 1.79 bits per heavy atom. The highest BCUT2D eigenvalue weighted by Crippen LogP contribution is 2.40. The SMILES string of the molecule is CCc1c(C#N)c(SC(C(N)=O)c2ccccc2)nc(N2CCC(NC3CCC3)CC2)c1C#N. The number of rotatable bonds is 8. The lowest BCUT2D eigenvalue weighted by Gasteiger charge is -2.38. The molecule has 34 heavy (non-hydrogen) atoms. The molecule has 1 unspecified atom stereocenters. The highest BCUT2D eigenvalue weighted by atomic mass is 32.2. The van der Waals surface area contributed by atoms with E-state index < -0.39 is 11.2 Å². The van der Waals surface area contributed by atoms with Crippen molar-refractivity contribution >= 4 is 23.5 Å². The summed E-state index contributed by atoms with van der Waals surface area (Å²) in [6.45, 7) is 3.53. The maximum absolute atomic E-state index is 12.3. The summed E-state index contributed by atoms with van der Waals surface area (Å²) in [7, 11) is 0. The predicted octanol–water partition coefficient (Wildman–Crippen LogP) is 3.82. The summed E-state index contributed by atoms with van der Waals surface area (Å²) in [6.07, 6.45) is 6.34. The Kier molecular flexibility index (Phi) is 7.72. The summed E-state index contributed by atoms with van der Waals surface area (Å²) in [4.78, 5) is 19.3. The molecule has 0 radical (unpaired) electrons. The Balaban J connectivity index is 1.66. The number of anilines is 1. The third-order valence-corrected chi connectivity index (χ3v) is 8.05. The highest BCUT2D eigenvalue weighted by molar-refractivity contribution is 8.00. The van der Waals surface area contributed by atoms with E-state index in [0.29, 0.717) is 46.0 Å². The maximum atomic E-state index is 12.3. The molecule has 2 aromatic rings. The zero-order chi connectivity index (χ0) is 24.1.